The molecule has 0 heterocycles. The first kappa shape index (κ1) is 22.8. The monoisotopic (exact) mass is 550 g/mol. The fraction of sp³-hybridized carbons (Fsp3) is 0.111. The van der Waals surface area contributed by atoms with Crippen LogP contribution in [0.1, 0.15) is 28.4 Å². The van der Waals surface area contributed by atoms with Crippen LogP contribution in [0.2, 0.25) is 0 Å². The van der Waals surface area contributed by atoms with E-state index in [1.165, 1.54) is 0 Å². The average molecular weight is 550 g/mol. The van der Waals surface area contributed by atoms with Gasteiger partial charge in [-0.05, 0) is 69.6 Å². The Labute approximate surface area is 206 Å². The highest BCUT2D eigenvalue weighted by atomic mass is 127. The van der Waals surface area contributed by atoms with E-state index >= 15 is 0 Å². The third kappa shape index (κ3) is 5.70. The maximum atomic E-state index is 12.7. The molecule has 0 spiro atoms. The SMILES string of the molecule is CCOc1cc(/C=N\NC(=O)c2cccc3ccccc23)cc(I)c1OCc1ccccc1. The van der Waals surface area contributed by atoms with E-state index < -0.39 is 0 Å². The van der Waals surface area contributed by atoms with Crippen LogP contribution in [-0.4, -0.2) is 18.7 Å². The Morgan fingerprint density at radius 2 is 1.73 bits per heavy atom. The average Bonchev–Trinajstić information content (AvgIpc) is 2.84. The predicted octanol–water partition coefficient (Wildman–Crippen LogP) is 6.19. The molecule has 0 aliphatic carbocycles. The molecule has 0 aromatic heterocycles. The molecular formula is C27H23IN2O3. The predicted molar refractivity (Wildman–Crippen MR) is 140 cm³/mol. The smallest absolute Gasteiger partial charge is 0.271 e. The van der Waals surface area contributed by atoms with Gasteiger partial charge in [0.25, 0.3) is 5.91 Å². The fourth-order valence-electron chi connectivity index (χ4n) is 3.44. The topological polar surface area (TPSA) is 59.9 Å². The highest BCUT2D eigenvalue weighted by molar-refractivity contribution is 14.1. The molecule has 4 aromatic carbocycles. The van der Waals surface area contributed by atoms with Gasteiger partial charge in [0.15, 0.2) is 11.5 Å². The van der Waals surface area contributed by atoms with Crippen LogP contribution in [0.5, 0.6) is 11.5 Å². The maximum absolute atomic E-state index is 12.7. The normalized spacial score (nSPS) is 11.0. The summed E-state index contributed by atoms with van der Waals surface area (Å²) in [5.74, 6) is 1.07. The molecule has 0 radical (unpaired) electrons. The summed E-state index contributed by atoms with van der Waals surface area (Å²) in [5.41, 5.74) is 5.09. The number of hydrazone groups is 1. The van der Waals surface area contributed by atoms with Crippen molar-refractivity contribution >= 4 is 45.5 Å². The second-order valence-electron chi connectivity index (χ2n) is 7.26. The number of hydrogen-bond acceptors (Lipinski definition) is 4. The van der Waals surface area contributed by atoms with Gasteiger partial charge in [-0.2, -0.15) is 5.10 Å². The van der Waals surface area contributed by atoms with Crippen molar-refractivity contribution in [2.24, 2.45) is 5.10 Å². The van der Waals surface area contributed by atoms with Crippen LogP contribution in [-0.2, 0) is 6.61 Å². The van der Waals surface area contributed by atoms with Gasteiger partial charge in [-0.25, -0.2) is 5.43 Å². The molecule has 0 aliphatic rings. The van der Waals surface area contributed by atoms with Gasteiger partial charge in [0.05, 0.1) is 16.4 Å². The number of benzene rings is 4. The van der Waals surface area contributed by atoms with E-state index in [-0.39, 0.29) is 5.91 Å². The van der Waals surface area contributed by atoms with Crippen molar-refractivity contribution in [3.05, 3.63) is 105 Å². The van der Waals surface area contributed by atoms with Crippen LogP contribution in [0.4, 0.5) is 0 Å². The number of amides is 1. The molecule has 0 saturated heterocycles. The lowest BCUT2D eigenvalue weighted by molar-refractivity contribution is 0.0957. The minimum absolute atomic E-state index is 0.259. The summed E-state index contributed by atoms with van der Waals surface area (Å²) in [6.07, 6.45) is 1.61. The number of nitrogens with zero attached hydrogens (tertiary/aromatic N) is 1. The van der Waals surface area contributed by atoms with Gasteiger partial charge in [0.2, 0.25) is 0 Å². The van der Waals surface area contributed by atoms with E-state index in [1.54, 1.807) is 12.3 Å². The van der Waals surface area contributed by atoms with Crippen molar-refractivity contribution < 1.29 is 14.3 Å². The lowest BCUT2D eigenvalue weighted by atomic mass is 10.0. The van der Waals surface area contributed by atoms with Gasteiger partial charge in [-0.3, -0.25) is 4.79 Å². The summed E-state index contributed by atoms with van der Waals surface area (Å²) in [6, 6.07) is 27.2. The van der Waals surface area contributed by atoms with Gasteiger partial charge in [0, 0.05) is 5.56 Å². The van der Waals surface area contributed by atoms with Gasteiger partial charge in [-0.1, -0.05) is 66.7 Å². The van der Waals surface area contributed by atoms with E-state index in [2.05, 4.69) is 33.1 Å². The first-order valence-corrected chi connectivity index (χ1v) is 11.7. The molecule has 0 bridgehead atoms. The Kier molecular flexibility index (Phi) is 7.57. The number of ether oxygens (including phenoxy) is 2. The van der Waals surface area contributed by atoms with Crippen molar-refractivity contribution in [2.45, 2.75) is 13.5 Å². The van der Waals surface area contributed by atoms with Gasteiger partial charge in [0.1, 0.15) is 6.61 Å². The van der Waals surface area contributed by atoms with Crippen LogP contribution < -0.4 is 14.9 Å². The number of carbonyl (C=O) groups excluding carboxylic acids is 1. The summed E-state index contributed by atoms with van der Waals surface area (Å²) in [7, 11) is 0. The molecule has 1 N–H and O–H groups in total. The number of carbonyl (C=O) groups is 1. The zero-order chi connectivity index (χ0) is 23.0. The van der Waals surface area contributed by atoms with Crippen LogP contribution in [0.25, 0.3) is 10.8 Å². The second kappa shape index (κ2) is 11.0. The lowest BCUT2D eigenvalue weighted by Gasteiger charge is -2.14. The van der Waals surface area contributed by atoms with E-state index in [4.69, 9.17) is 9.47 Å². The summed E-state index contributed by atoms with van der Waals surface area (Å²) in [4.78, 5) is 12.7. The lowest BCUT2D eigenvalue weighted by Crippen LogP contribution is -2.18. The van der Waals surface area contributed by atoms with Crippen molar-refractivity contribution in [3.63, 3.8) is 0 Å². The van der Waals surface area contributed by atoms with Crippen LogP contribution >= 0.6 is 22.6 Å². The molecular weight excluding hydrogens is 527 g/mol. The summed E-state index contributed by atoms with van der Waals surface area (Å²) in [5, 5.41) is 6.07. The molecule has 33 heavy (non-hydrogen) atoms. The first-order valence-electron chi connectivity index (χ1n) is 10.6. The second-order valence-corrected chi connectivity index (χ2v) is 8.43. The van der Waals surface area contributed by atoms with E-state index in [0.717, 1.165) is 25.5 Å². The molecule has 0 saturated carbocycles. The standard InChI is InChI=1S/C27H23IN2O3/c1-2-32-25-16-20(15-24(28)26(25)33-18-19-9-4-3-5-10-19)17-29-30-27(31)23-14-8-12-21-11-6-7-13-22(21)23/h3-17H,2,18H2,1H3,(H,30,31)/b29-17-. The molecule has 1 amide bonds. The number of fused-ring (bicyclic) bond motifs is 1. The largest absolute Gasteiger partial charge is 0.490 e. The minimum atomic E-state index is -0.259. The van der Waals surface area contributed by atoms with E-state index in [0.29, 0.717) is 30.3 Å². The molecule has 0 atom stereocenters. The van der Waals surface area contributed by atoms with Crippen LogP contribution in [0.3, 0.4) is 0 Å². The molecule has 6 heteroatoms. The number of halogens is 1. The molecule has 0 aliphatic heterocycles. The number of hydrogen-bond donors (Lipinski definition) is 1. The third-order valence-electron chi connectivity index (χ3n) is 4.97. The highest BCUT2D eigenvalue weighted by Crippen LogP contribution is 2.34. The van der Waals surface area contributed by atoms with Gasteiger partial charge < -0.3 is 9.47 Å². The molecule has 0 fully saturated rings. The molecule has 5 nitrogen and oxygen atoms in total. The molecule has 4 rings (SSSR count). The molecule has 4 aromatic rings. The maximum Gasteiger partial charge on any atom is 0.271 e. The van der Waals surface area contributed by atoms with Crippen molar-refractivity contribution in [1.82, 2.24) is 5.43 Å². The van der Waals surface area contributed by atoms with Gasteiger partial charge >= 0.3 is 0 Å². The van der Waals surface area contributed by atoms with Crippen LogP contribution in [0.15, 0.2) is 90.0 Å². The summed E-state index contributed by atoms with van der Waals surface area (Å²) < 4.78 is 12.8. The quantitative estimate of drug-likeness (QED) is 0.162. The van der Waals surface area contributed by atoms with E-state index in [9.17, 15) is 4.79 Å². The third-order valence-corrected chi connectivity index (χ3v) is 5.77. The first-order chi connectivity index (χ1) is 16.2. The number of rotatable bonds is 8. The number of nitrogens with one attached hydrogen (secondary N) is 1. The van der Waals surface area contributed by atoms with Crippen molar-refractivity contribution in [2.75, 3.05) is 6.61 Å². The Morgan fingerprint density at radius 3 is 2.55 bits per heavy atom. The summed E-state index contributed by atoms with van der Waals surface area (Å²) in [6.45, 7) is 2.89. The van der Waals surface area contributed by atoms with Crippen LogP contribution in [0, 0.1) is 3.57 Å². The summed E-state index contributed by atoms with van der Waals surface area (Å²) >= 11 is 2.22. The Balaban J connectivity index is 1.49. The van der Waals surface area contributed by atoms with E-state index in [1.807, 2.05) is 85.8 Å². The Hall–Kier alpha value is -3.39. The fourth-order valence-corrected chi connectivity index (χ4v) is 4.23. The highest BCUT2D eigenvalue weighted by Gasteiger charge is 2.13. The minimum Gasteiger partial charge on any atom is -0.490 e. The van der Waals surface area contributed by atoms with Gasteiger partial charge in [-0.15, -0.1) is 0 Å². The Bertz CT molecular complexity index is 1280. The molecule has 166 valence electrons. The van der Waals surface area contributed by atoms with Crippen molar-refractivity contribution in [1.29, 1.82) is 0 Å². The zero-order valence-corrected chi connectivity index (χ0v) is 20.3. The Morgan fingerprint density at radius 1 is 0.970 bits per heavy atom. The van der Waals surface area contributed by atoms with Crippen molar-refractivity contribution in [3.8, 4) is 11.5 Å². The zero-order valence-electron chi connectivity index (χ0n) is 18.1. The molecule has 0 unspecified atom stereocenters.